The number of carbonyl (C=O) groups is 2. The molecular weight excluding hydrogens is 313 g/mol. The summed E-state index contributed by atoms with van der Waals surface area (Å²) in [4.78, 5) is 24.2. The van der Waals surface area contributed by atoms with Gasteiger partial charge in [-0.25, -0.2) is 4.79 Å². The van der Waals surface area contributed by atoms with Crippen molar-refractivity contribution in [1.29, 1.82) is 0 Å². The van der Waals surface area contributed by atoms with Gasteiger partial charge in [0.1, 0.15) is 11.3 Å². The van der Waals surface area contributed by atoms with Crippen LogP contribution in [0.25, 0.3) is 0 Å². The van der Waals surface area contributed by atoms with Crippen LogP contribution >= 0.6 is 0 Å². The fourth-order valence-electron chi connectivity index (χ4n) is 2.58. The average molecular weight is 329 g/mol. The first kappa shape index (κ1) is 16.4. The predicted molar refractivity (Wildman–Crippen MR) is 76.5 cm³/mol. The number of rotatable bonds is 5. The molecule has 22 heavy (non-hydrogen) atoms. The zero-order valence-corrected chi connectivity index (χ0v) is 12.7. The third-order valence-corrected chi connectivity index (χ3v) is 4.81. The van der Waals surface area contributed by atoms with Crippen molar-refractivity contribution in [2.45, 2.75) is 31.1 Å². The molecule has 2 atom stereocenters. The zero-order chi connectivity index (χ0) is 16.5. The van der Waals surface area contributed by atoms with Crippen LogP contribution in [-0.4, -0.2) is 48.1 Å². The molecule has 120 valence electrons. The number of halogens is 1. The minimum Gasteiger partial charge on any atom is -0.480 e. The molecule has 0 saturated carbocycles. The monoisotopic (exact) mass is 329 g/mol. The van der Waals surface area contributed by atoms with Gasteiger partial charge < -0.3 is 10.0 Å². The van der Waals surface area contributed by atoms with Crippen molar-refractivity contribution in [3.05, 3.63) is 35.4 Å². The molecule has 0 aromatic heterocycles. The Bertz CT molecular complexity index is 703. The Balaban J connectivity index is 2.22. The number of aryl methyl sites for hydroxylation is 1. The molecule has 1 saturated heterocycles. The van der Waals surface area contributed by atoms with Crippen LogP contribution in [-0.2, 0) is 26.2 Å². The quantitative estimate of drug-likeness (QED) is 0.810. The first-order valence-electron chi connectivity index (χ1n) is 6.70. The molecule has 6 nitrogen and oxygen atoms in total. The molecule has 1 aromatic carbocycles. The summed E-state index contributed by atoms with van der Waals surface area (Å²) in [6, 6.07) is 5.93. The van der Waals surface area contributed by atoms with E-state index in [1.165, 1.54) is 0 Å². The third-order valence-electron chi connectivity index (χ3n) is 3.69. The van der Waals surface area contributed by atoms with Crippen LogP contribution in [0.5, 0.6) is 0 Å². The van der Waals surface area contributed by atoms with E-state index in [1.54, 1.807) is 18.2 Å². The first-order chi connectivity index (χ1) is 10.2. The van der Waals surface area contributed by atoms with E-state index in [9.17, 15) is 27.0 Å². The first-order valence-corrected chi connectivity index (χ1v) is 8.14. The maximum Gasteiger partial charge on any atom is 0.326 e. The Hall–Kier alpha value is -1.96. The van der Waals surface area contributed by atoms with Gasteiger partial charge >= 0.3 is 16.2 Å². The van der Waals surface area contributed by atoms with Gasteiger partial charge in [-0.05, 0) is 12.5 Å². The van der Waals surface area contributed by atoms with Gasteiger partial charge in [-0.2, -0.15) is 8.42 Å². The number of hydrogen-bond donors (Lipinski definition) is 1. The minimum atomic E-state index is -4.86. The van der Waals surface area contributed by atoms with Gasteiger partial charge in [-0.3, -0.25) is 4.79 Å². The maximum atomic E-state index is 13.0. The van der Waals surface area contributed by atoms with E-state index < -0.39 is 46.4 Å². The van der Waals surface area contributed by atoms with Crippen molar-refractivity contribution in [1.82, 2.24) is 4.90 Å². The normalized spacial score (nSPS) is 20.2. The largest absolute Gasteiger partial charge is 0.480 e. The van der Waals surface area contributed by atoms with Crippen molar-refractivity contribution in [3.63, 3.8) is 0 Å². The van der Waals surface area contributed by atoms with Crippen LogP contribution in [0, 0.1) is 6.92 Å². The SMILES string of the molecule is Cc1cccc(C[C@@H](C(=O)O)N2CC(S(=O)(=O)F)CC2=O)c1. The molecule has 0 spiro atoms. The number of amides is 1. The number of hydrogen-bond acceptors (Lipinski definition) is 4. The van der Waals surface area contributed by atoms with Gasteiger partial charge in [0, 0.05) is 19.4 Å². The molecule has 0 aliphatic carbocycles. The highest BCUT2D eigenvalue weighted by Crippen LogP contribution is 2.23. The van der Waals surface area contributed by atoms with E-state index in [2.05, 4.69) is 0 Å². The van der Waals surface area contributed by atoms with E-state index in [0.29, 0.717) is 5.56 Å². The molecule has 1 N–H and O–H groups in total. The Kier molecular flexibility index (Phi) is 4.50. The van der Waals surface area contributed by atoms with E-state index in [4.69, 9.17) is 0 Å². The van der Waals surface area contributed by atoms with Crippen LogP contribution in [0.2, 0.25) is 0 Å². The highest BCUT2D eigenvalue weighted by Gasteiger charge is 2.43. The molecule has 1 aliphatic heterocycles. The third kappa shape index (κ3) is 3.62. The molecule has 1 unspecified atom stereocenters. The lowest BCUT2D eigenvalue weighted by Gasteiger charge is -2.24. The Morgan fingerprint density at radius 1 is 1.50 bits per heavy atom. The second kappa shape index (κ2) is 6.04. The van der Waals surface area contributed by atoms with Gasteiger partial charge in [-0.15, -0.1) is 3.89 Å². The number of nitrogens with zero attached hydrogens (tertiary/aromatic N) is 1. The summed E-state index contributed by atoms with van der Waals surface area (Å²) in [6.45, 7) is 1.42. The smallest absolute Gasteiger partial charge is 0.326 e. The molecule has 1 heterocycles. The predicted octanol–water partition coefficient (Wildman–Crippen LogP) is 0.891. The van der Waals surface area contributed by atoms with E-state index in [-0.39, 0.29) is 6.42 Å². The topological polar surface area (TPSA) is 91.8 Å². The van der Waals surface area contributed by atoms with Crippen molar-refractivity contribution >= 4 is 22.1 Å². The number of carboxylic acid groups (broad SMARTS) is 1. The molecule has 2 rings (SSSR count). The lowest BCUT2D eigenvalue weighted by Crippen LogP contribution is -2.44. The van der Waals surface area contributed by atoms with Crippen LogP contribution in [0.1, 0.15) is 17.5 Å². The summed E-state index contributed by atoms with van der Waals surface area (Å²) in [5, 5.41) is 7.85. The van der Waals surface area contributed by atoms with Crippen LogP contribution in [0.15, 0.2) is 24.3 Å². The van der Waals surface area contributed by atoms with E-state index in [0.717, 1.165) is 10.5 Å². The molecule has 1 aliphatic rings. The summed E-state index contributed by atoms with van der Waals surface area (Å²) in [5.74, 6) is -1.90. The minimum absolute atomic E-state index is 0.0435. The molecule has 8 heteroatoms. The second-order valence-electron chi connectivity index (χ2n) is 5.40. The van der Waals surface area contributed by atoms with Gasteiger partial charge in [0.2, 0.25) is 5.91 Å². The lowest BCUT2D eigenvalue weighted by atomic mass is 10.0. The Labute approximate surface area is 127 Å². The molecule has 1 amide bonds. The second-order valence-corrected chi connectivity index (χ2v) is 7.01. The van der Waals surface area contributed by atoms with Crippen molar-refractivity contribution in [2.24, 2.45) is 0 Å². The van der Waals surface area contributed by atoms with Crippen LogP contribution in [0.3, 0.4) is 0 Å². The van der Waals surface area contributed by atoms with Crippen molar-refractivity contribution in [3.8, 4) is 0 Å². The van der Waals surface area contributed by atoms with E-state index >= 15 is 0 Å². The molecule has 0 radical (unpaired) electrons. The van der Waals surface area contributed by atoms with Gasteiger partial charge in [-0.1, -0.05) is 29.8 Å². The Morgan fingerprint density at radius 3 is 2.68 bits per heavy atom. The van der Waals surface area contributed by atoms with Crippen molar-refractivity contribution < 1.29 is 27.0 Å². The Morgan fingerprint density at radius 2 is 2.18 bits per heavy atom. The number of aliphatic carboxylic acids is 1. The summed E-state index contributed by atoms with van der Waals surface area (Å²) in [5.41, 5.74) is 1.66. The summed E-state index contributed by atoms with van der Waals surface area (Å²) in [7, 11) is -4.86. The fraction of sp³-hybridized carbons (Fsp3) is 0.429. The summed E-state index contributed by atoms with van der Waals surface area (Å²) >= 11 is 0. The standard InChI is InChI=1S/C14H16FNO5S/c1-9-3-2-4-10(5-9)6-12(14(18)19)16-8-11(7-13(16)17)22(15,20)21/h2-5,11-12H,6-8H2,1H3,(H,18,19)/t11?,12-/m0/s1. The zero-order valence-electron chi connectivity index (χ0n) is 11.9. The molecule has 0 bridgehead atoms. The lowest BCUT2D eigenvalue weighted by molar-refractivity contribution is -0.148. The number of carboxylic acids is 1. The average Bonchev–Trinajstić information content (AvgIpc) is 2.77. The van der Waals surface area contributed by atoms with Gasteiger partial charge in [0.15, 0.2) is 0 Å². The number of likely N-dealkylation sites (tertiary alicyclic amines) is 1. The summed E-state index contributed by atoms with van der Waals surface area (Å²) in [6.07, 6.45) is -0.474. The summed E-state index contributed by atoms with van der Waals surface area (Å²) < 4.78 is 34.9. The van der Waals surface area contributed by atoms with Crippen LogP contribution < -0.4 is 0 Å². The highest BCUT2D eigenvalue weighted by molar-refractivity contribution is 7.87. The molecular formula is C14H16FNO5S. The highest BCUT2D eigenvalue weighted by atomic mass is 32.3. The van der Waals surface area contributed by atoms with Crippen molar-refractivity contribution in [2.75, 3.05) is 6.54 Å². The molecule has 1 fully saturated rings. The van der Waals surface area contributed by atoms with Gasteiger partial charge in [0.05, 0.1) is 0 Å². The number of carbonyl (C=O) groups excluding carboxylic acids is 1. The fourth-order valence-corrected chi connectivity index (χ4v) is 3.26. The molecule has 1 aromatic rings. The maximum absolute atomic E-state index is 13.0. The van der Waals surface area contributed by atoms with Crippen LogP contribution in [0.4, 0.5) is 3.89 Å². The number of benzene rings is 1. The van der Waals surface area contributed by atoms with E-state index in [1.807, 2.05) is 13.0 Å². The van der Waals surface area contributed by atoms with Gasteiger partial charge in [0.25, 0.3) is 0 Å².